The van der Waals surface area contributed by atoms with Gasteiger partial charge in [-0.25, -0.2) is 4.39 Å². The van der Waals surface area contributed by atoms with Gasteiger partial charge in [0.25, 0.3) is 0 Å². The predicted molar refractivity (Wildman–Crippen MR) is 89.6 cm³/mol. The molecule has 0 spiro atoms. The van der Waals surface area contributed by atoms with Crippen molar-refractivity contribution in [2.45, 2.75) is 19.4 Å². The van der Waals surface area contributed by atoms with Crippen LogP contribution < -0.4 is 0 Å². The van der Waals surface area contributed by atoms with E-state index in [4.69, 9.17) is 0 Å². The highest BCUT2D eigenvalue weighted by atomic mass is 19.1. The van der Waals surface area contributed by atoms with Gasteiger partial charge < -0.3 is 9.88 Å². The quantitative estimate of drug-likeness (QED) is 0.775. The highest BCUT2D eigenvalue weighted by molar-refractivity contribution is 5.88. The monoisotopic (exact) mass is 310 g/mol. The van der Waals surface area contributed by atoms with Crippen LogP contribution in [-0.2, 0) is 11.2 Å². The third kappa shape index (κ3) is 3.11. The molecule has 0 radical (unpaired) electrons. The fourth-order valence-electron chi connectivity index (χ4n) is 2.75. The number of carbonyl (C=O) groups is 1. The van der Waals surface area contributed by atoms with Crippen LogP contribution in [0.4, 0.5) is 4.39 Å². The van der Waals surface area contributed by atoms with Gasteiger partial charge in [-0.2, -0.15) is 0 Å². The summed E-state index contributed by atoms with van der Waals surface area (Å²) < 4.78 is 13.0. The molecule has 1 aromatic heterocycles. The van der Waals surface area contributed by atoms with E-state index in [9.17, 15) is 9.18 Å². The van der Waals surface area contributed by atoms with Crippen LogP contribution in [0.25, 0.3) is 10.9 Å². The molecule has 1 N–H and O–H groups in total. The Kier molecular flexibility index (Phi) is 4.15. The highest BCUT2D eigenvalue weighted by Crippen LogP contribution is 2.22. The molecule has 0 aliphatic carbocycles. The van der Waals surface area contributed by atoms with Crippen molar-refractivity contribution < 1.29 is 9.18 Å². The van der Waals surface area contributed by atoms with E-state index < -0.39 is 0 Å². The van der Waals surface area contributed by atoms with Crippen molar-refractivity contribution in [1.82, 2.24) is 9.88 Å². The fraction of sp³-hybridized carbons (Fsp3) is 0.211. The van der Waals surface area contributed by atoms with E-state index in [-0.39, 0.29) is 17.8 Å². The number of nitrogens with zero attached hydrogens (tertiary/aromatic N) is 1. The molecule has 4 heteroatoms. The molecule has 23 heavy (non-hydrogen) atoms. The van der Waals surface area contributed by atoms with Crippen molar-refractivity contribution in [3.63, 3.8) is 0 Å². The number of likely N-dealkylation sites (N-methyl/N-ethyl adjacent to an activating group) is 1. The van der Waals surface area contributed by atoms with Crippen LogP contribution >= 0.6 is 0 Å². The molecule has 3 nitrogen and oxygen atoms in total. The molecular formula is C19H19FN2O. The largest absolute Gasteiger partial charge is 0.361 e. The molecule has 3 aromatic rings. The first-order valence-electron chi connectivity index (χ1n) is 7.62. The molecule has 1 atom stereocenters. The number of hydrogen-bond donors (Lipinski definition) is 1. The number of hydrogen-bond acceptors (Lipinski definition) is 1. The van der Waals surface area contributed by atoms with Crippen molar-refractivity contribution in [2.24, 2.45) is 0 Å². The molecule has 1 amide bonds. The van der Waals surface area contributed by atoms with E-state index in [2.05, 4.69) is 4.98 Å². The minimum atomic E-state index is -0.270. The number of aromatic nitrogens is 1. The Morgan fingerprint density at radius 2 is 1.87 bits per heavy atom. The van der Waals surface area contributed by atoms with Gasteiger partial charge >= 0.3 is 0 Å². The summed E-state index contributed by atoms with van der Waals surface area (Å²) >= 11 is 0. The SMILES string of the molecule is C[C@@H](c1ccc(F)cc1)N(C)C(=O)Cc1c[nH]c2ccccc12. The average molecular weight is 310 g/mol. The molecule has 2 aromatic carbocycles. The number of carbonyl (C=O) groups excluding carboxylic acids is 1. The van der Waals surface area contributed by atoms with Crippen molar-refractivity contribution in [2.75, 3.05) is 7.05 Å². The van der Waals surface area contributed by atoms with E-state index in [0.717, 1.165) is 22.0 Å². The zero-order chi connectivity index (χ0) is 16.4. The van der Waals surface area contributed by atoms with E-state index in [1.807, 2.05) is 37.4 Å². The first-order chi connectivity index (χ1) is 11.1. The maximum atomic E-state index is 13.0. The van der Waals surface area contributed by atoms with Crippen molar-refractivity contribution in [3.8, 4) is 0 Å². The fourth-order valence-corrected chi connectivity index (χ4v) is 2.75. The van der Waals surface area contributed by atoms with E-state index >= 15 is 0 Å². The minimum absolute atomic E-state index is 0.0339. The van der Waals surface area contributed by atoms with Gasteiger partial charge in [0.2, 0.25) is 5.91 Å². The maximum absolute atomic E-state index is 13.0. The number of H-pyrrole nitrogens is 1. The van der Waals surface area contributed by atoms with Gasteiger partial charge in [0.05, 0.1) is 12.5 Å². The lowest BCUT2D eigenvalue weighted by Gasteiger charge is -2.25. The van der Waals surface area contributed by atoms with Crippen LogP contribution in [0.2, 0.25) is 0 Å². The van der Waals surface area contributed by atoms with Crippen molar-refractivity contribution in [1.29, 1.82) is 0 Å². The van der Waals surface area contributed by atoms with Crippen LogP contribution in [0.1, 0.15) is 24.1 Å². The third-order valence-electron chi connectivity index (χ3n) is 4.34. The molecule has 1 heterocycles. The number of fused-ring (bicyclic) bond motifs is 1. The van der Waals surface area contributed by atoms with E-state index in [1.165, 1.54) is 12.1 Å². The first-order valence-corrected chi connectivity index (χ1v) is 7.62. The molecule has 0 unspecified atom stereocenters. The Balaban J connectivity index is 1.75. The Morgan fingerprint density at radius 1 is 1.17 bits per heavy atom. The molecule has 0 fully saturated rings. The number of benzene rings is 2. The summed E-state index contributed by atoms with van der Waals surface area (Å²) in [7, 11) is 1.78. The maximum Gasteiger partial charge on any atom is 0.227 e. The molecule has 3 rings (SSSR count). The molecular weight excluding hydrogens is 291 g/mol. The smallest absolute Gasteiger partial charge is 0.227 e. The van der Waals surface area contributed by atoms with Gasteiger partial charge in [0, 0.05) is 24.1 Å². The summed E-state index contributed by atoms with van der Waals surface area (Å²) in [6, 6.07) is 14.1. The molecule has 118 valence electrons. The summed E-state index contributed by atoms with van der Waals surface area (Å²) in [5, 5.41) is 1.07. The van der Waals surface area contributed by atoms with Crippen LogP contribution in [0.15, 0.2) is 54.7 Å². The van der Waals surface area contributed by atoms with Crippen LogP contribution in [0.5, 0.6) is 0 Å². The van der Waals surface area contributed by atoms with Gasteiger partial charge in [-0.3, -0.25) is 4.79 Å². The topological polar surface area (TPSA) is 36.1 Å². The minimum Gasteiger partial charge on any atom is -0.361 e. The lowest BCUT2D eigenvalue weighted by atomic mass is 10.1. The summed E-state index contributed by atoms with van der Waals surface area (Å²) in [5.74, 6) is -0.236. The van der Waals surface area contributed by atoms with Crippen LogP contribution in [-0.4, -0.2) is 22.8 Å². The Labute approximate surface area is 134 Å². The van der Waals surface area contributed by atoms with Crippen molar-refractivity contribution in [3.05, 3.63) is 71.7 Å². The van der Waals surface area contributed by atoms with Crippen molar-refractivity contribution >= 4 is 16.8 Å². The predicted octanol–water partition coefficient (Wildman–Crippen LogP) is 4.07. The Hall–Kier alpha value is -2.62. The molecule has 0 aliphatic rings. The molecule has 0 saturated carbocycles. The van der Waals surface area contributed by atoms with Crippen LogP contribution in [0.3, 0.4) is 0 Å². The van der Waals surface area contributed by atoms with Gasteiger partial charge in [0.1, 0.15) is 5.82 Å². The zero-order valence-electron chi connectivity index (χ0n) is 13.2. The summed E-state index contributed by atoms with van der Waals surface area (Å²) in [5.41, 5.74) is 2.94. The summed E-state index contributed by atoms with van der Waals surface area (Å²) in [4.78, 5) is 17.5. The second-order valence-corrected chi connectivity index (χ2v) is 5.77. The van der Waals surface area contributed by atoms with Gasteiger partial charge in [-0.15, -0.1) is 0 Å². The average Bonchev–Trinajstić information content (AvgIpc) is 2.97. The summed E-state index contributed by atoms with van der Waals surface area (Å²) in [6.45, 7) is 1.94. The van der Waals surface area contributed by atoms with Gasteiger partial charge in [-0.1, -0.05) is 30.3 Å². The molecule has 0 bridgehead atoms. The molecule has 0 saturated heterocycles. The molecule has 0 aliphatic heterocycles. The standard InChI is InChI=1S/C19H19FN2O/c1-13(14-7-9-16(20)10-8-14)22(2)19(23)11-15-12-21-18-6-4-3-5-17(15)18/h3-10,12-13,21H,11H2,1-2H3/t13-/m0/s1. The number of amides is 1. The number of rotatable bonds is 4. The lowest BCUT2D eigenvalue weighted by molar-refractivity contribution is -0.131. The number of nitrogens with one attached hydrogen (secondary N) is 1. The lowest BCUT2D eigenvalue weighted by Crippen LogP contribution is -2.30. The highest BCUT2D eigenvalue weighted by Gasteiger charge is 2.18. The van der Waals surface area contributed by atoms with Gasteiger partial charge in [0.15, 0.2) is 0 Å². The zero-order valence-corrected chi connectivity index (χ0v) is 13.2. The van der Waals surface area contributed by atoms with Gasteiger partial charge in [-0.05, 0) is 36.2 Å². The van der Waals surface area contributed by atoms with Crippen LogP contribution in [0, 0.1) is 5.82 Å². The number of halogens is 1. The van der Waals surface area contributed by atoms with E-state index in [0.29, 0.717) is 6.42 Å². The Morgan fingerprint density at radius 3 is 2.61 bits per heavy atom. The van der Waals surface area contributed by atoms with E-state index in [1.54, 1.807) is 24.1 Å². The normalized spacial score (nSPS) is 12.3. The second-order valence-electron chi connectivity index (χ2n) is 5.77. The Bertz CT molecular complexity index is 823. The third-order valence-corrected chi connectivity index (χ3v) is 4.34. The summed E-state index contributed by atoms with van der Waals surface area (Å²) in [6.07, 6.45) is 2.23. The second kappa shape index (κ2) is 6.24. The number of para-hydroxylation sites is 1. The first kappa shape index (κ1) is 15.3. The number of aromatic amines is 1.